The molecule has 1 aliphatic carbocycles. The maximum absolute atomic E-state index is 13.4. The summed E-state index contributed by atoms with van der Waals surface area (Å²) in [5.74, 6) is 0.729. The molecular weight excluding hydrogens is 501 g/mol. The lowest BCUT2D eigenvalue weighted by Crippen LogP contribution is -2.28. The van der Waals surface area contributed by atoms with E-state index in [1.807, 2.05) is 0 Å². The number of hydrogen-bond acceptors (Lipinski definition) is 7. The van der Waals surface area contributed by atoms with Crippen LogP contribution in [0.5, 0.6) is 11.6 Å². The molecule has 0 saturated heterocycles. The highest BCUT2D eigenvalue weighted by Gasteiger charge is 2.66. The lowest BCUT2D eigenvalue weighted by Gasteiger charge is -2.17. The third-order valence-corrected chi connectivity index (χ3v) is 7.32. The molecule has 38 heavy (non-hydrogen) atoms. The first-order valence-electron chi connectivity index (χ1n) is 12.5. The van der Waals surface area contributed by atoms with Crippen molar-refractivity contribution in [3.8, 4) is 11.6 Å². The van der Waals surface area contributed by atoms with Gasteiger partial charge in [-0.25, -0.2) is 14.8 Å². The second kappa shape index (κ2) is 9.12. The highest BCUT2D eigenvalue weighted by Crippen LogP contribution is 2.59. The Morgan fingerprint density at radius 2 is 2.05 bits per heavy atom. The van der Waals surface area contributed by atoms with Gasteiger partial charge in [0.15, 0.2) is 11.6 Å². The predicted molar refractivity (Wildman–Crippen MR) is 131 cm³/mol. The summed E-state index contributed by atoms with van der Waals surface area (Å²) in [5, 5.41) is 6.87. The molecule has 4 aromatic rings. The first-order valence-corrected chi connectivity index (χ1v) is 12.5. The van der Waals surface area contributed by atoms with Crippen LogP contribution in [-0.2, 0) is 18.4 Å². The van der Waals surface area contributed by atoms with Crippen molar-refractivity contribution < 1.29 is 27.2 Å². The molecule has 3 aromatic heterocycles. The molecule has 2 aliphatic rings. The summed E-state index contributed by atoms with van der Waals surface area (Å²) in [6.45, 7) is 4.83. The van der Waals surface area contributed by atoms with Gasteiger partial charge in [0.25, 0.3) is 0 Å². The molecule has 4 heterocycles. The zero-order valence-electron chi connectivity index (χ0n) is 20.6. The van der Waals surface area contributed by atoms with Gasteiger partial charge in [-0.2, -0.15) is 13.2 Å². The molecule has 6 rings (SSSR count). The lowest BCUT2D eigenvalue weighted by atomic mass is 10.0. The van der Waals surface area contributed by atoms with E-state index in [9.17, 15) is 18.0 Å². The number of aromatic nitrogens is 4. The average molecular weight is 527 g/mol. The van der Waals surface area contributed by atoms with Crippen LogP contribution in [0.3, 0.4) is 0 Å². The summed E-state index contributed by atoms with van der Waals surface area (Å²) < 4.78 is 52.5. The van der Waals surface area contributed by atoms with E-state index < -0.39 is 17.6 Å². The topological polar surface area (TPSA) is 98.3 Å². The molecule has 0 atom stereocenters. The molecule has 1 saturated carbocycles. The standard InChI is InChI=1S/C26H25F3N6O3/c1-2-34-10-3-4-18-19(14-34)30-15-31-23(18)37-17-5-6-20-16(12-17)7-11-35(20)24(36)32-22-13-21(38-33-22)25(8-9-25)26(27,28)29/h5-7,11-13,15H,2-4,8-10,14H2,1H3,(H,32,33,36). The van der Waals surface area contributed by atoms with Gasteiger partial charge in [-0.1, -0.05) is 12.1 Å². The molecule has 1 fully saturated rings. The quantitative estimate of drug-likeness (QED) is 0.359. The van der Waals surface area contributed by atoms with Crippen LogP contribution < -0.4 is 10.1 Å². The Balaban J connectivity index is 1.19. The van der Waals surface area contributed by atoms with Crippen molar-refractivity contribution in [2.45, 2.75) is 50.7 Å². The van der Waals surface area contributed by atoms with Crippen molar-refractivity contribution in [3.05, 3.63) is 59.9 Å². The molecule has 0 bridgehead atoms. The Hall–Kier alpha value is -3.93. The van der Waals surface area contributed by atoms with Gasteiger partial charge in [0, 0.05) is 29.8 Å². The van der Waals surface area contributed by atoms with E-state index in [4.69, 9.17) is 9.26 Å². The molecule has 198 valence electrons. The fourth-order valence-corrected chi connectivity index (χ4v) is 4.94. The SMILES string of the molecule is CCN1CCCc2c(ncnc2Oc2ccc3c(ccn3C(=O)Nc3cc(C4(C(F)(F)F)CC4)on3)c2)C1. The zero-order valence-corrected chi connectivity index (χ0v) is 20.6. The number of anilines is 1. The van der Waals surface area contributed by atoms with Gasteiger partial charge in [-0.05, 0) is 63.0 Å². The minimum Gasteiger partial charge on any atom is -0.439 e. The maximum Gasteiger partial charge on any atom is 0.401 e. The molecule has 12 heteroatoms. The third-order valence-electron chi connectivity index (χ3n) is 7.32. The lowest BCUT2D eigenvalue weighted by molar-refractivity contribution is -0.165. The Labute approximate surface area is 215 Å². The number of hydrogen-bond donors (Lipinski definition) is 1. The van der Waals surface area contributed by atoms with E-state index in [1.165, 1.54) is 10.9 Å². The van der Waals surface area contributed by atoms with E-state index >= 15 is 0 Å². The van der Waals surface area contributed by atoms with Gasteiger partial charge in [-0.15, -0.1) is 0 Å². The molecular formula is C26H25F3N6O3. The minimum atomic E-state index is -4.43. The summed E-state index contributed by atoms with van der Waals surface area (Å²) in [5.41, 5.74) is 0.562. The molecule has 1 aliphatic heterocycles. The molecule has 0 unspecified atom stereocenters. The minimum absolute atomic E-state index is 0.0548. The number of rotatable bonds is 5. The zero-order chi connectivity index (χ0) is 26.5. The van der Waals surface area contributed by atoms with Gasteiger partial charge >= 0.3 is 12.2 Å². The number of ether oxygens (including phenoxy) is 1. The average Bonchev–Trinajstić information content (AvgIpc) is 3.50. The fraction of sp³-hybridized carbons (Fsp3) is 0.385. The van der Waals surface area contributed by atoms with Crippen LogP contribution in [0, 0.1) is 0 Å². The number of nitrogens with one attached hydrogen (secondary N) is 1. The van der Waals surface area contributed by atoms with Gasteiger partial charge in [0.1, 0.15) is 17.5 Å². The van der Waals surface area contributed by atoms with Gasteiger partial charge in [0.2, 0.25) is 5.88 Å². The van der Waals surface area contributed by atoms with Crippen LogP contribution >= 0.6 is 0 Å². The van der Waals surface area contributed by atoms with E-state index in [0.29, 0.717) is 17.1 Å². The summed E-state index contributed by atoms with van der Waals surface area (Å²) in [6.07, 6.45) is 0.368. The normalized spacial score (nSPS) is 17.2. The van der Waals surface area contributed by atoms with Crippen molar-refractivity contribution in [1.29, 1.82) is 0 Å². The van der Waals surface area contributed by atoms with Crippen LogP contribution in [0.2, 0.25) is 0 Å². The summed E-state index contributed by atoms with van der Waals surface area (Å²) in [6, 6.07) is 7.59. The molecule has 0 radical (unpaired) electrons. The highest BCUT2D eigenvalue weighted by atomic mass is 19.4. The highest BCUT2D eigenvalue weighted by molar-refractivity contribution is 5.98. The van der Waals surface area contributed by atoms with Crippen molar-refractivity contribution in [2.24, 2.45) is 0 Å². The van der Waals surface area contributed by atoms with Crippen LogP contribution in [0.1, 0.15) is 43.2 Å². The Kier molecular flexibility index (Phi) is 5.86. The molecule has 1 amide bonds. The van der Waals surface area contributed by atoms with Crippen molar-refractivity contribution in [3.63, 3.8) is 0 Å². The molecule has 0 spiro atoms. The number of nitrogens with zero attached hydrogens (tertiary/aromatic N) is 5. The number of amides is 1. The molecule has 1 aromatic carbocycles. The first kappa shape index (κ1) is 24.4. The molecule has 1 N–H and O–H groups in total. The van der Waals surface area contributed by atoms with Crippen LogP contribution in [0.25, 0.3) is 10.9 Å². The summed E-state index contributed by atoms with van der Waals surface area (Å²) in [4.78, 5) is 24.1. The number of halogens is 3. The van der Waals surface area contributed by atoms with E-state index in [-0.39, 0.29) is 24.4 Å². The number of benzene rings is 1. The van der Waals surface area contributed by atoms with Crippen molar-refractivity contribution in [2.75, 3.05) is 18.4 Å². The van der Waals surface area contributed by atoms with Crippen LogP contribution in [0.4, 0.5) is 23.8 Å². The third kappa shape index (κ3) is 4.28. The maximum atomic E-state index is 13.4. The number of fused-ring (bicyclic) bond motifs is 2. The monoisotopic (exact) mass is 526 g/mol. The number of alkyl halides is 3. The summed E-state index contributed by atoms with van der Waals surface area (Å²) in [7, 11) is 0. The molecule has 9 nitrogen and oxygen atoms in total. The predicted octanol–water partition coefficient (Wildman–Crippen LogP) is 5.65. The van der Waals surface area contributed by atoms with Gasteiger partial charge in [0.05, 0.1) is 11.2 Å². The second-order valence-corrected chi connectivity index (χ2v) is 9.67. The van der Waals surface area contributed by atoms with E-state index in [0.717, 1.165) is 55.2 Å². The van der Waals surface area contributed by atoms with Crippen LogP contribution in [0.15, 0.2) is 47.4 Å². The summed E-state index contributed by atoms with van der Waals surface area (Å²) >= 11 is 0. The number of carbonyl (C=O) groups excluding carboxylic acids is 1. The van der Waals surface area contributed by atoms with Gasteiger partial charge in [-0.3, -0.25) is 14.8 Å². The second-order valence-electron chi connectivity index (χ2n) is 9.67. The van der Waals surface area contributed by atoms with E-state index in [1.54, 1.807) is 30.5 Å². The van der Waals surface area contributed by atoms with E-state index in [2.05, 4.69) is 32.3 Å². The smallest absolute Gasteiger partial charge is 0.401 e. The van der Waals surface area contributed by atoms with Gasteiger partial charge < -0.3 is 9.26 Å². The van der Waals surface area contributed by atoms with Crippen LogP contribution in [-0.4, -0.2) is 49.9 Å². The Morgan fingerprint density at radius 1 is 1.21 bits per heavy atom. The Morgan fingerprint density at radius 3 is 2.82 bits per heavy atom. The largest absolute Gasteiger partial charge is 0.439 e. The Bertz CT molecular complexity index is 1510. The number of carbonyl (C=O) groups is 1. The van der Waals surface area contributed by atoms with Crippen molar-refractivity contribution in [1.82, 2.24) is 24.6 Å². The fourth-order valence-electron chi connectivity index (χ4n) is 4.94. The van der Waals surface area contributed by atoms with Crippen molar-refractivity contribution >= 4 is 22.8 Å². The first-order chi connectivity index (χ1) is 18.3.